The van der Waals surface area contributed by atoms with Crippen molar-refractivity contribution in [2.75, 3.05) is 17.2 Å². The molecule has 0 unspecified atom stereocenters. The van der Waals surface area contributed by atoms with Gasteiger partial charge < -0.3 is 15.4 Å². The Hall–Kier alpha value is -3.12. The van der Waals surface area contributed by atoms with E-state index in [9.17, 15) is 14.9 Å². The molecule has 0 radical (unpaired) electrons. The fourth-order valence-corrected chi connectivity index (χ4v) is 4.56. The normalized spacial score (nSPS) is 10.9. The summed E-state index contributed by atoms with van der Waals surface area (Å²) in [6, 6.07) is 19.4. The molecule has 9 heteroatoms. The smallest absolute Gasteiger partial charge is 0.266 e. The van der Waals surface area contributed by atoms with Crippen molar-refractivity contribution in [2.45, 2.75) is 6.92 Å². The first-order valence-corrected chi connectivity index (χ1v) is 11.9. The third-order valence-electron chi connectivity index (χ3n) is 4.55. The Kier molecular flexibility index (Phi) is 8.88. The second kappa shape index (κ2) is 11.8. The minimum absolute atomic E-state index is 0.0925. The topological polar surface area (TPSA) is 91.2 Å². The predicted octanol–water partition coefficient (Wildman–Crippen LogP) is 6.74. The van der Waals surface area contributed by atoms with Crippen LogP contribution in [-0.4, -0.2) is 18.4 Å². The Bertz CT molecular complexity index is 1300. The molecule has 2 amide bonds. The van der Waals surface area contributed by atoms with Crippen LogP contribution in [0.5, 0.6) is 5.75 Å². The first-order valence-electron chi connectivity index (χ1n) is 9.93. The fraction of sp³-hybridized carbons (Fsp3) is 0.0800. The summed E-state index contributed by atoms with van der Waals surface area (Å²) < 4.78 is 6.77. The number of nitriles is 1. The maximum atomic E-state index is 12.5. The van der Waals surface area contributed by atoms with Crippen LogP contribution in [-0.2, 0) is 9.59 Å². The van der Waals surface area contributed by atoms with Gasteiger partial charge in [-0.05, 0) is 92.4 Å². The second-order valence-electron chi connectivity index (χ2n) is 7.10. The summed E-state index contributed by atoms with van der Waals surface area (Å²) in [6.07, 6.45) is 1.45. The Morgan fingerprint density at radius 1 is 1.06 bits per heavy atom. The van der Waals surface area contributed by atoms with Gasteiger partial charge in [-0.15, -0.1) is 0 Å². The molecule has 2 N–H and O–H groups in total. The number of nitrogens with zero attached hydrogens (tertiary/aromatic N) is 1. The van der Waals surface area contributed by atoms with Crippen molar-refractivity contribution in [1.29, 1.82) is 5.26 Å². The average Bonchev–Trinajstić information content (AvgIpc) is 2.78. The van der Waals surface area contributed by atoms with Gasteiger partial charge in [0.2, 0.25) is 0 Å². The van der Waals surface area contributed by atoms with Crippen LogP contribution in [0.3, 0.4) is 0 Å². The van der Waals surface area contributed by atoms with Gasteiger partial charge in [0.1, 0.15) is 17.4 Å². The molecular weight excluding hydrogens is 586 g/mol. The highest BCUT2D eigenvalue weighted by molar-refractivity contribution is 9.11. The van der Waals surface area contributed by atoms with Crippen LogP contribution in [0.4, 0.5) is 11.4 Å². The van der Waals surface area contributed by atoms with Gasteiger partial charge in [-0.3, -0.25) is 9.59 Å². The summed E-state index contributed by atoms with van der Waals surface area (Å²) in [7, 11) is 0. The van der Waals surface area contributed by atoms with E-state index < -0.39 is 5.91 Å². The number of anilines is 2. The number of nitrogens with one attached hydrogen (secondary N) is 2. The Morgan fingerprint density at radius 2 is 1.76 bits per heavy atom. The predicted molar refractivity (Wildman–Crippen MR) is 141 cm³/mol. The highest BCUT2D eigenvalue weighted by atomic mass is 79.9. The van der Waals surface area contributed by atoms with E-state index in [-0.39, 0.29) is 18.1 Å². The minimum atomic E-state index is -0.565. The SMILES string of the molecule is Cc1ccccc1NC(=O)COc1c(Br)cc(/C=C(/C#N)C(=O)Nc2cccc(Cl)c2)cc1Br. The number of ether oxygens (including phenoxy) is 1. The molecule has 0 aliphatic rings. The molecule has 3 aromatic rings. The number of amides is 2. The van der Waals surface area contributed by atoms with Crippen molar-refractivity contribution in [2.24, 2.45) is 0 Å². The summed E-state index contributed by atoms with van der Waals surface area (Å²) in [4.78, 5) is 24.8. The van der Waals surface area contributed by atoms with Crippen LogP contribution in [0.1, 0.15) is 11.1 Å². The third-order valence-corrected chi connectivity index (χ3v) is 5.96. The number of hydrogen-bond acceptors (Lipinski definition) is 4. The zero-order valence-electron chi connectivity index (χ0n) is 17.9. The van der Waals surface area contributed by atoms with E-state index in [1.807, 2.05) is 37.3 Å². The number of hydrogen-bond donors (Lipinski definition) is 2. The number of carbonyl (C=O) groups is 2. The molecule has 0 spiro atoms. The summed E-state index contributed by atoms with van der Waals surface area (Å²) in [5, 5.41) is 15.4. The van der Waals surface area contributed by atoms with Crippen LogP contribution in [0.25, 0.3) is 6.08 Å². The van der Waals surface area contributed by atoms with Crippen LogP contribution >= 0.6 is 43.5 Å². The Balaban J connectivity index is 1.70. The number of carbonyl (C=O) groups excluding carboxylic acids is 2. The van der Waals surface area contributed by atoms with Gasteiger partial charge in [-0.1, -0.05) is 35.9 Å². The highest BCUT2D eigenvalue weighted by Gasteiger charge is 2.14. The minimum Gasteiger partial charge on any atom is -0.481 e. The molecule has 3 rings (SSSR count). The first kappa shape index (κ1) is 25.5. The lowest BCUT2D eigenvalue weighted by Crippen LogP contribution is -2.20. The maximum Gasteiger partial charge on any atom is 0.266 e. The van der Waals surface area contributed by atoms with Crippen molar-refractivity contribution in [1.82, 2.24) is 0 Å². The molecule has 3 aromatic carbocycles. The molecule has 0 aliphatic carbocycles. The monoisotopic (exact) mass is 601 g/mol. The van der Waals surface area contributed by atoms with Gasteiger partial charge in [0.05, 0.1) is 8.95 Å². The second-order valence-corrected chi connectivity index (χ2v) is 9.24. The van der Waals surface area contributed by atoms with Crippen molar-refractivity contribution in [3.05, 3.63) is 91.3 Å². The maximum absolute atomic E-state index is 12.5. The molecule has 0 atom stereocenters. The Labute approximate surface area is 218 Å². The molecule has 0 aromatic heterocycles. The molecule has 0 aliphatic heterocycles. The molecule has 0 fully saturated rings. The lowest BCUT2D eigenvalue weighted by atomic mass is 10.1. The van der Waals surface area contributed by atoms with Crippen molar-refractivity contribution < 1.29 is 14.3 Å². The van der Waals surface area contributed by atoms with E-state index in [1.165, 1.54) is 6.08 Å². The molecule has 0 saturated carbocycles. The third kappa shape index (κ3) is 6.94. The van der Waals surface area contributed by atoms with E-state index in [2.05, 4.69) is 42.5 Å². The molecule has 34 heavy (non-hydrogen) atoms. The number of aryl methyl sites for hydroxylation is 1. The standard InChI is InChI=1S/C25H18Br2ClN3O3/c1-15-5-2-3-8-22(15)31-23(32)14-34-24-20(26)10-16(11-21(24)27)9-17(13-29)25(33)30-19-7-4-6-18(28)12-19/h2-12H,14H2,1H3,(H,30,33)(H,31,32)/b17-9-. The number of benzene rings is 3. The first-order chi connectivity index (χ1) is 16.3. The van der Waals surface area contributed by atoms with E-state index in [1.54, 1.807) is 36.4 Å². The van der Waals surface area contributed by atoms with Crippen molar-refractivity contribution >= 4 is 72.7 Å². The lowest BCUT2D eigenvalue weighted by Gasteiger charge is -2.12. The molecule has 0 heterocycles. The summed E-state index contributed by atoms with van der Waals surface area (Å²) in [5.74, 6) is -0.453. The average molecular weight is 604 g/mol. The van der Waals surface area contributed by atoms with Crippen LogP contribution in [0.15, 0.2) is 75.2 Å². The van der Waals surface area contributed by atoms with Gasteiger partial charge in [0.25, 0.3) is 11.8 Å². The summed E-state index contributed by atoms with van der Waals surface area (Å²) >= 11 is 12.8. The summed E-state index contributed by atoms with van der Waals surface area (Å²) in [6.45, 7) is 1.70. The number of halogens is 3. The summed E-state index contributed by atoms with van der Waals surface area (Å²) in [5.41, 5.74) is 2.63. The van der Waals surface area contributed by atoms with Crippen LogP contribution in [0.2, 0.25) is 5.02 Å². The lowest BCUT2D eigenvalue weighted by molar-refractivity contribution is -0.118. The molecule has 6 nitrogen and oxygen atoms in total. The molecular formula is C25H18Br2ClN3O3. The zero-order chi connectivity index (χ0) is 24.7. The number of rotatable bonds is 7. The fourth-order valence-electron chi connectivity index (χ4n) is 2.92. The van der Waals surface area contributed by atoms with Crippen molar-refractivity contribution in [3.8, 4) is 11.8 Å². The van der Waals surface area contributed by atoms with Gasteiger partial charge >= 0.3 is 0 Å². The van der Waals surface area contributed by atoms with Gasteiger partial charge in [-0.2, -0.15) is 5.26 Å². The molecule has 0 bridgehead atoms. The van der Waals surface area contributed by atoms with Gasteiger partial charge in [-0.25, -0.2) is 0 Å². The largest absolute Gasteiger partial charge is 0.481 e. The molecule has 172 valence electrons. The quantitative estimate of drug-likeness (QED) is 0.231. The molecule has 0 saturated heterocycles. The van der Waals surface area contributed by atoms with E-state index in [4.69, 9.17) is 16.3 Å². The van der Waals surface area contributed by atoms with E-state index in [0.29, 0.717) is 31.0 Å². The van der Waals surface area contributed by atoms with Gasteiger partial charge in [0, 0.05) is 16.4 Å². The van der Waals surface area contributed by atoms with Crippen LogP contribution in [0, 0.1) is 18.3 Å². The van der Waals surface area contributed by atoms with Crippen molar-refractivity contribution in [3.63, 3.8) is 0 Å². The van der Waals surface area contributed by atoms with E-state index in [0.717, 1.165) is 11.3 Å². The van der Waals surface area contributed by atoms with E-state index >= 15 is 0 Å². The highest BCUT2D eigenvalue weighted by Crippen LogP contribution is 2.35. The zero-order valence-corrected chi connectivity index (χ0v) is 21.8. The Morgan fingerprint density at radius 3 is 2.41 bits per heavy atom. The van der Waals surface area contributed by atoms with Crippen LogP contribution < -0.4 is 15.4 Å². The van der Waals surface area contributed by atoms with Gasteiger partial charge in [0.15, 0.2) is 6.61 Å². The number of para-hydroxylation sites is 1.